The van der Waals surface area contributed by atoms with E-state index in [-0.39, 0.29) is 5.91 Å². The summed E-state index contributed by atoms with van der Waals surface area (Å²) >= 11 is 0. The molecule has 7 nitrogen and oxygen atoms in total. The molecule has 160 valence electrons. The monoisotopic (exact) mass is 412 g/mol. The number of aryl methyl sites for hydroxylation is 1. The number of hydrogen-bond donors (Lipinski definition) is 3. The highest BCUT2D eigenvalue weighted by molar-refractivity contribution is 5.86. The molecule has 1 heterocycles. The SMILES string of the molecule is COc1ccc(OC)c(/C=N\NC(=O)C[NH+]2CC[NH+](Cc3ccc(C)cc3)CC2)c1. The number of hydrogen-bond acceptors (Lipinski definition) is 4. The van der Waals surface area contributed by atoms with Crippen molar-refractivity contribution >= 4 is 12.1 Å². The zero-order valence-electron chi connectivity index (χ0n) is 18.0. The van der Waals surface area contributed by atoms with E-state index in [9.17, 15) is 4.79 Å². The summed E-state index contributed by atoms with van der Waals surface area (Å²) in [6, 6.07) is 14.2. The summed E-state index contributed by atoms with van der Waals surface area (Å²) in [4.78, 5) is 15.2. The number of benzene rings is 2. The quantitative estimate of drug-likeness (QED) is 0.403. The number of carbonyl (C=O) groups is 1. The molecule has 0 radical (unpaired) electrons. The number of nitrogens with one attached hydrogen (secondary N) is 3. The van der Waals surface area contributed by atoms with Gasteiger partial charge in [-0.3, -0.25) is 4.79 Å². The molecule has 1 fully saturated rings. The molecule has 0 aliphatic carbocycles. The summed E-state index contributed by atoms with van der Waals surface area (Å²) in [5, 5.41) is 4.09. The average molecular weight is 413 g/mol. The number of amides is 1. The molecule has 30 heavy (non-hydrogen) atoms. The van der Waals surface area contributed by atoms with Crippen LogP contribution < -0.4 is 24.7 Å². The second kappa shape index (κ2) is 10.8. The predicted octanol–water partition coefficient (Wildman–Crippen LogP) is -0.554. The lowest BCUT2D eigenvalue weighted by Gasteiger charge is -2.29. The summed E-state index contributed by atoms with van der Waals surface area (Å²) in [7, 11) is 3.21. The van der Waals surface area contributed by atoms with Gasteiger partial charge in [-0.2, -0.15) is 5.10 Å². The minimum atomic E-state index is -0.0786. The Morgan fingerprint density at radius 1 is 1.03 bits per heavy atom. The molecule has 1 aliphatic heterocycles. The molecule has 7 heteroatoms. The van der Waals surface area contributed by atoms with Crippen LogP contribution in [0.1, 0.15) is 16.7 Å². The number of methoxy groups -OCH3 is 2. The van der Waals surface area contributed by atoms with Gasteiger partial charge < -0.3 is 19.3 Å². The van der Waals surface area contributed by atoms with E-state index in [4.69, 9.17) is 9.47 Å². The molecular weight excluding hydrogens is 380 g/mol. The molecule has 1 saturated heterocycles. The summed E-state index contributed by atoms with van der Waals surface area (Å²) in [6.45, 7) is 7.71. The van der Waals surface area contributed by atoms with Crippen LogP contribution in [0.2, 0.25) is 0 Å². The van der Waals surface area contributed by atoms with Crippen molar-refractivity contribution in [2.45, 2.75) is 13.5 Å². The van der Waals surface area contributed by atoms with Crippen molar-refractivity contribution in [2.24, 2.45) is 5.10 Å². The Kier molecular flexibility index (Phi) is 7.82. The number of ether oxygens (including phenoxy) is 2. The summed E-state index contributed by atoms with van der Waals surface area (Å²) in [6.07, 6.45) is 1.58. The van der Waals surface area contributed by atoms with Crippen molar-refractivity contribution < 1.29 is 24.1 Å². The van der Waals surface area contributed by atoms with E-state index in [0.29, 0.717) is 18.0 Å². The lowest BCUT2D eigenvalue weighted by Crippen LogP contribution is -3.28. The van der Waals surface area contributed by atoms with Gasteiger partial charge in [0.2, 0.25) is 0 Å². The minimum absolute atomic E-state index is 0.0786. The van der Waals surface area contributed by atoms with Crippen LogP contribution in [0.4, 0.5) is 0 Å². The molecule has 0 bridgehead atoms. The fraction of sp³-hybridized carbons (Fsp3) is 0.391. The van der Waals surface area contributed by atoms with Crippen molar-refractivity contribution in [3.8, 4) is 11.5 Å². The summed E-state index contributed by atoms with van der Waals surface area (Å²) < 4.78 is 10.5. The normalized spacial score (nSPS) is 18.9. The minimum Gasteiger partial charge on any atom is -0.497 e. The van der Waals surface area contributed by atoms with Crippen LogP contribution >= 0.6 is 0 Å². The fourth-order valence-electron chi connectivity index (χ4n) is 3.69. The molecule has 3 N–H and O–H groups in total. The molecular formula is C23H32N4O3+2. The highest BCUT2D eigenvalue weighted by Crippen LogP contribution is 2.22. The van der Waals surface area contributed by atoms with Gasteiger partial charge in [0.05, 0.1) is 20.4 Å². The van der Waals surface area contributed by atoms with Gasteiger partial charge in [-0.15, -0.1) is 0 Å². The maximum Gasteiger partial charge on any atom is 0.295 e. The summed E-state index contributed by atoms with van der Waals surface area (Å²) in [5.74, 6) is 1.30. The lowest BCUT2D eigenvalue weighted by atomic mass is 10.1. The first kappa shape index (κ1) is 21.8. The number of nitrogens with zero attached hydrogens (tertiary/aromatic N) is 1. The largest absolute Gasteiger partial charge is 0.497 e. The Labute approximate surface area is 178 Å². The maximum atomic E-state index is 12.3. The van der Waals surface area contributed by atoms with Gasteiger partial charge in [0.25, 0.3) is 5.91 Å². The predicted molar refractivity (Wildman–Crippen MR) is 116 cm³/mol. The Balaban J connectivity index is 1.43. The highest BCUT2D eigenvalue weighted by Gasteiger charge is 2.24. The van der Waals surface area contributed by atoms with Gasteiger partial charge >= 0.3 is 0 Å². The second-order valence-corrected chi connectivity index (χ2v) is 7.74. The second-order valence-electron chi connectivity index (χ2n) is 7.74. The van der Waals surface area contributed by atoms with Crippen LogP contribution in [-0.2, 0) is 11.3 Å². The molecule has 0 unspecified atom stereocenters. The van der Waals surface area contributed by atoms with Crippen LogP contribution in [0.25, 0.3) is 0 Å². The van der Waals surface area contributed by atoms with E-state index in [1.54, 1.807) is 25.3 Å². The van der Waals surface area contributed by atoms with Crippen LogP contribution in [0, 0.1) is 6.92 Å². The number of carbonyl (C=O) groups excluding carboxylic acids is 1. The first-order chi connectivity index (χ1) is 14.6. The van der Waals surface area contributed by atoms with Crippen LogP contribution in [0.15, 0.2) is 47.6 Å². The highest BCUT2D eigenvalue weighted by atomic mass is 16.5. The van der Waals surface area contributed by atoms with Gasteiger partial charge in [-0.25, -0.2) is 5.43 Å². The molecule has 0 spiro atoms. The molecule has 2 aromatic rings. The zero-order valence-corrected chi connectivity index (χ0v) is 18.0. The van der Waals surface area contributed by atoms with Crippen LogP contribution in [0.5, 0.6) is 11.5 Å². The Bertz CT molecular complexity index is 859. The molecule has 0 saturated carbocycles. The smallest absolute Gasteiger partial charge is 0.295 e. The van der Waals surface area contributed by atoms with E-state index in [2.05, 4.69) is 41.7 Å². The molecule has 0 atom stereocenters. The third-order valence-electron chi connectivity index (χ3n) is 5.48. The van der Waals surface area contributed by atoms with Crippen LogP contribution in [-0.4, -0.2) is 59.1 Å². The van der Waals surface area contributed by atoms with E-state index in [1.807, 2.05) is 18.2 Å². The molecule has 1 amide bonds. The fourth-order valence-corrected chi connectivity index (χ4v) is 3.69. The van der Waals surface area contributed by atoms with E-state index in [1.165, 1.54) is 16.0 Å². The number of hydrazone groups is 1. The lowest BCUT2D eigenvalue weighted by molar-refractivity contribution is -1.02. The molecule has 2 aromatic carbocycles. The molecule has 1 aliphatic rings. The molecule has 3 rings (SSSR count). The van der Waals surface area contributed by atoms with Crippen molar-refractivity contribution in [3.05, 3.63) is 59.2 Å². The van der Waals surface area contributed by atoms with E-state index >= 15 is 0 Å². The van der Waals surface area contributed by atoms with Gasteiger partial charge in [-0.1, -0.05) is 29.8 Å². The van der Waals surface area contributed by atoms with Crippen molar-refractivity contribution in [2.75, 3.05) is 46.9 Å². The number of quaternary nitrogens is 2. The van der Waals surface area contributed by atoms with Gasteiger partial charge in [0.15, 0.2) is 6.54 Å². The first-order valence-electron chi connectivity index (χ1n) is 10.3. The standard InChI is InChI=1S/C23H30N4O3/c1-18-4-6-19(7-5-18)16-26-10-12-27(13-11-26)17-23(28)25-24-15-20-14-21(29-2)8-9-22(20)30-3/h4-9,14-15H,10-13,16-17H2,1-3H3,(H,25,28)/p+2/b24-15-. The first-order valence-corrected chi connectivity index (χ1v) is 10.3. The topological polar surface area (TPSA) is 68.8 Å². The van der Waals surface area contributed by atoms with Crippen molar-refractivity contribution in [1.29, 1.82) is 0 Å². The van der Waals surface area contributed by atoms with Gasteiger partial charge in [0, 0.05) is 11.1 Å². The van der Waals surface area contributed by atoms with Crippen molar-refractivity contribution in [1.82, 2.24) is 5.43 Å². The average Bonchev–Trinajstić information content (AvgIpc) is 2.76. The van der Waals surface area contributed by atoms with E-state index in [0.717, 1.165) is 38.3 Å². The third kappa shape index (κ3) is 6.30. The van der Waals surface area contributed by atoms with Gasteiger partial charge in [0.1, 0.15) is 44.2 Å². The Hall–Kier alpha value is -2.90. The number of piperazine rings is 1. The summed E-state index contributed by atoms with van der Waals surface area (Å²) in [5.41, 5.74) is 6.05. The zero-order chi connectivity index (χ0) is 21.3. The Morgan fingerprint density at radius 3 is 2.40 bits per heavy atom. The molecule has 0 aromatic heterocycles. The van der Waals surface area contributed by atoms with Gasteiger partial charge in [-0.05, 0) is 25.1 Å². The third-order valence-corrected chi connectivity index (χ3v) is 5.48. The Morgan fingerprint density at radius 2 is 1.73 bits per heavy atom. The van der Waals surface area contributed by atoms with E-state index < -0.39 is 0 Å². The van der Waals surface area contributed by atoms with Crippen molar-refractivity contribution in [3.63, 3.8) is 0 Å². The number of rotatable bonds is 8. The maximum absolute atomic E-state index is 12.3. The van der Waals surface area contributed by atoms with Crippen LogP contribution in [0.3, 0.4) is 0 Å².